The van der Waals surface area contributed by atoms with Crippen LogP contribution >= 0.6 is 11.3 Å². The summed E-state index contributed by atoms with van der Waals surface area (Å²) in [6.07, 6.45) is -4.58. The number of benzene rings is 1. The number of hydrogen-bond donors (Lipinski definition) is 0. The maximum atomic E-state index is 12.4. The third kappa shape index (κ3) is 4.25. The molecule has 0 saturated carbocycles. The molecule has 0 unspecified atom stereocenters. The number of aryl methyl sites for hydroxylation is 1. The first-order valence-corrected chi connectivity index (χ1v) is 7.48. The topological polar surface area (TPSA) is 90.4 Å². The van der Waals surface area contributed by atoms with Gasteiger partial charge in [-0.25, -0.2) is 4.68 Å². The van der Waals surface area contributed by atoms with Crippen molar-refractivity contribution in [2.45, 2.75) is 26.1 Å². The molecule has 24 heavy (non-hydrogen) atoms. The van der Waals surface area contributed by atoms with Crippen LogP contribution in [0.1, 0.15) is 17.5 Å². The third-order valence-electron chi connectivity index (χ3n) is 2.88. The molecule has 1 amide bonds. The summed E-state index contributed by atoms with van der Waals surface area (Å²) in [5, 5.41) is 15.2. The fourth-order valence-electron chi connectivity index (χ4n) is 1.73. The van der Waals surface area contributed by atoms with Gasteiger partial charge in [0.2, 0.25) is 4.80 Å². The lowest BCUT2D eigenvalue weighted by Gasteiger charge is -2.02. The van der Waals surface area contributed by atoms with Crippen molar-refractivity contribution in [2.24, 2.45) is 4.99 Å². The number of nitrogens with zero attached hydrogens (tertiary/aromatic N) is 4. The zero-order valence-corrected chi connectivity index (χ0v) is 13.1. The number of non-ortho nitro benzene ring substituents is 1. The summed E-state index contributed by atoms with van der Waals surface area (Å²) in [7, 11) is 0. The molecule has 7 nitrogen and oxygen atoms in total. The first kappa shape index (κ1) is 17.8. The fraction of sp³-hybridized carbons (Fsp3) is 0.308. The second-order valence-corrected chi connectivity index (χ2v) is 5.67. The van der Waals surface area contributed by atoms with E-state index in [4.69, 9.17) is 0 Å². The molecule has 0 N–H and O–H groups in total. The normalized spacial score (nSPS) is 12.4. The maximum Gasteiger partial charge on any atom is 0.473 e. The van der Waals surface area contributed by atoms with E-state index in [0.29, 0.717) is 17.0 Å². The molecule has 11 heteroatoms. The molecule has 0 aliphatic heterocycles. The Balaban J connectivity index is 2.36. The standard InChI is InChI=1S/C13H11F3N4O3S/c1-2-10-18-19(12(24-10)17-11(21)13(14,15)16)7-8-3-5-9(6-4-8)20(22)23/h3-6H,2,7H2,1H3. The van der Waals surface area contributed by atoms with E-state index in [9.17, 15) is 28.1 Å². The number of alkyl halides is 3. The lowest BCUT2D eigenvalue weighted by Crippen LogP contribution is -2.26. The molecule has 2 rings (SSSR count). The Morgan fingerprint density at radius 3 is 2.50 bits per heavy atom. The molecule has 0 radical (unpaired) electrons. The average molecular weight is 360 g/mol. The molecule has 0 aliphatic rings. The number of nitro groups is 1. The van der Waals surface area contributed by atoms with Crippen molar-refractivity contribution in [1.29, 1.82) is 0 Å². The van der Waals surface area contributed by atoms with E-state index in [1.54, 1.807) is 6.92 Å². The summed E-state index contributed by atoms with van der Waals surface area (Å²) >= 11 is 0.887. The van der Waals surface area contributed by atoms with E-state index in [1.165, 1.54) is 28.9 Å². The number of rotatable bonds is 4. The Morgan fingerprint density at radius 1 is 1.38 bits per heavy atom. The lowest BCUT2D eigenvalue weighted by molar-refractivity contribution is -0.384. The quantitative estimate of drug-likeness (QED) is 0.619. The first-order valence-electron chi connectivity index (χ1n) is 6.66. The van der Waals surface area contributed by atoms with Crippen molar-refractivity contribution in [3.63, 3.8) is 0 Å². The van der Waals surface area contributed by atoms with Gasteiger partial charge >= 0.3 is 12.1 Å². The molecule has 0 aliphatic carbocycles. The first-order chi connectivity index (χ1) is 11.2. The Hall–Kier alpha value is -2.56. The van der Waals surface area contributed by atoms with Gasteiger partial charge < -0.3 is 0 Å². The monoisotopic (exact) mass is 360 g/mol. The number of halogens is 3. The third-order valence-corrected chi connectivity index (χ3v) is 3.97. The second kappa shape index (κ2) is 6.91. The smallest absolute Gasteiger partial charge is 0.262 e. The van der Waals surface area contributed by atoms with Crippen molar-refractivity contribution >= 4 is 22.9 Å². The highest BCUT2D eigenvalue weighted by Crippen LogP contribution is 2.16. The fourth-order valence-corrected chi connectivity index (χ4v) is 2.56. The SMILES string of the molecule is CCc1nn(Cc2ccc([N+](=O)[O-])cc2)c(=NC(=O)C(F)(F)F)s1. The zero-order valence-electron chi connectivity index (χ0n) is 12.3. The lowest BCUT2D eigenvalue weighted by atomic mass is 10.2. The van der Waals surface area contributed by atoms with Gasteiger partial charge in [0.25, 0.3) is 5.69 Å². The summed E-state index contributed by atoms with van der Waals surface area (Å²) < 4.78 is 38.3. The van der Waals surface area contributed by atoms with Crippen molar-refractivity contribution in [3.05, 3.63) is 49.8 Å². The summed E-state index contributed by atoms with van der Waals surface area (Å²) in [5.41, 5.74) is 0.475. The number of carbonyl (C=O) groups excluding carboxylic acids is 1. The van der Waals surface area contributed by atoms with Gasteiger partial charge in [-0.1, -0.05) is 30.4 Å². The van der Waals surface area contributed by atoms with Crippen molar-refractivity contribution in [1.82, 2.24) is 9.78 Å². The van der Waals surface area contributed by atoms with Crippen molar-refractivity contribution in [2.75, 3.05) is 0 Å². The van der Waals surface area contributed by atoms with E-state index < -0.39 is 17.0 Å². The van der Waals surface area contributed by atoms with Crippen LogP contribution in [0.15, 0.2) is 29.3 Å². The van der Waals surface area contributed by atoms with E-state index in [-0.39, 0.29) is 17.0 Å². The number of hydrogen-bond acceptors (Lipinski definition) is 5. The van der Waals surface area contributed by atoms with Gasteiger partial charge in [-0.3, -0.25) is 14.9 Å². The predicted molar refractivity (Wildman–Crippen MR) is 78.3 cm³/mol. The summed E-state index contributed by atoms with van der Waals surface area (Å²) in [6.45, 7) is 1.81. The van der Waals surface area contributed by atoms with Gasteiger partial charge in [0.1, 0.15) is 5.01 Å². The summed E-state index contributed by atoms with van der Waals surface area (Å²) in [4.78, 5) is 24.0. The Bertz CT molecular complexity index is 824. The molecular weight excluding hydrogens is 349 g/mol. The molecule has 1 heterocycles. The van der Waals surface area contributed by atoms with Crippen LogP contribution in [0.5, 0.6) is 0 Å². The Morgan fingerprint density at radius 2 is 2.00 bits per heavy atom. The van der Waals surface area contributed by atoms with Gasteiger partial charge in [-0.15, -0.1) is 0 Å². The second-order valence-electron chi connectivity index (χ2n) is 4.63. The van der Waals surface area contributed by atoms with Crippen LogP contribution < -0.4 is 4.80 Å². The van der Waals surface area contributed by atoms with Crippen LogP contribution in [0.3, 0.4) is 0 Å². The highest BCUT2D eigenvalue weighted by atomic mass is 32.1. The zero-order chi connectivity index (χ0) is 17.9. The molecular formula is C13H11F3N4O3S. The molecule has 2 aromatic rings. The van der Waals surface area contributed by atoms with E-state index in [2.05, 4.69) is 10.1 Å². The van der Waals surface area contributed by atoms with Crippen molar-refractivity contribution in [3.8, 4) is 0 Å². The molecule has 0 saturated heterocycles. The molecule has 1 aromatic carbocycles. The van der Waals surface area contributed by atoms with Crippen LogP contribution in [0, 0.1) is 10.1 Å². The molecule has 0 bridgehead atoms. The van der Waals surface area contributed by atoms with E-state index >= 15 is 0 Å². The Labute approximate surface area is 137 Å². The molecule has 1 aromatic heterocycles. The minimum atomic E-state index is -5.05. The number of aromatic nitrogens is 2. The van der Waals surface area contributed by atoms with Crippen molar-refractivity contribution < 1.29 is 22.9 Å². The van der Waals surface area contributed by atoms with E-state index in [0.717, 1.165) is 11.3 Å². The van der Waals surface area contributed by atoms with Gasteiger partial charge in [0.15, 0.2) is 0 Å². The average Bonchev–Trinajstić information content (AvgIpc) is 2.89. The summed E-state index contributed by atoms with van der Waals surface area (Å²) in [6, 6.07) is 5.48. The predicted octanol–water partition coefficient (Wildman–Crippen LogP) is 2.45. The number of nitro benzene ring substituents is 1. The minimum Gasteiger partial charge on any atom is -0.262 e. The molecule has 0 spiro atoms. The largest absolute Gasteiger partial charge is 0.473 e. The minimum absolute atomic E-state index is 0.0401. The molecule has 0 fully saturated rings. The maximum absolute atomic E-state index is 12.4. The highest BCUT2D eigenvalue weighted by Gasteiger charge is 2.38. The van der Waals surface area contributed by atoms with Crippen LogP contribution in [-0.2, 0) is 17.8 Å². The molecule has 0 atom stereocenters. The van der Waals surface area contributed by atoms with E-state index in [1.807, 2.05) is 0 Å². The van der Waals surface area contributed by atoms with Gasteiger partial charge in [0, 0.05) is 12.1 Å². The number of amides is 1. The van der Waals surface area contributed by atoms with Crippen LogP contribution in [0.25, 0.3) is 0 Å². The number of carbonyl (C=O) groups is 1. The van der Waals surface area contributed by atoms with Gasteiger partial charge in [-0.2, -0.15) is 23.3 Å². The van der Waals surface area contributed by atoms with Crippen LogP contribution in [-0.4, -0.2) is 26.8 Å². The molecule has 128 valence electrons. The van der Waals surface area contributed by atoms with Gasteiger partial charge in [0.05, 0.1) is 11.5 Å². The van der Waals surface area contributed by atoms with Crippen LogP contribution in [0.4, 0.5) is 18.9 Å². The van der Waals surface area contributed by atoms with Crippen LogP contribution in [0.2, 0.25) is 0 Å². The van der Waals surface area contributed by atoms with Gasteiger partial charge in [-0.05, 0) is 12.0 Å². The summed E-state index contributed by atoms with van der Waals surface area (Å²) in [5.74, 6) is -2.20. The Kier molecular flexibility index (Phi) is 5.12. The highest BCUT2D eigenvalue weighted by molar-refractivity contribution is 7.08.